The van der Waals surface area contributed by atoms with Crippen LogP contribution < -0.4 is 9.47 Å². The number of hydrogen-bond donors (Lipinski definition) is 1. The van der Waals surface area contributed by atoms with Crippen LogP contribution in [0.3, 0.4) is 0 Å². The highest BCUT2D eigenvalue weighted by atomic mass is 16.7. The zero-order valence-corrected chi connectivity index (χ0v) is 13.6. The van der Waals surface area contributed by atoms with Crippen LogP contribution in [-0.4, -0.2) is 55.4 Å². The van der Waals surface area contributed by atoms with Crippen LogP contribution in [0, 0.1) is 0 Å². The first-order valence-electron chi connectivity index (χ1n) is 7.35. The molecule has 0 unspecified atom stereocenters. The predicted octanol–water partition coefficient (Wildman–Crippen LogP) is 0.655. The highest BCUT2D eigenvalue weighted by molar-refractivity contribution is 5.66. The summed E-state index contributed by atoms with van der Waals surface area (Å²) >= 11 is 0. The van der Waals surface area contributed by atoms with E-state index < -0.39 is 36.5 Å². The zero-order valence-electron chi connectivity index (χ0n) is 13.6. The normalized spacial score (nSPS) is 25.8. The molecule has 8 nitrogen and oxygen atoms in total. The summed E-state index contributed by atoms with van der Waals surface area (Å²) in [6, 6.07) is 6.69. The van der Waals surface area contributed by atoms with Gasteiger partial charge >= 0.3 is 11.9 Å². The number of aliphatic hydroxyl groups is 1. The van der Waals surface area contributed by atoms with Crippen LogP contribution in [0.15, 0.2) is 24.3 Å². The van der Waals surface area contributed by atoms with E-state index in [0.29, 0.717) is 11.5 Å². The molecule has 1 saturated heterocycles. The summed E-state index contributed by atoms with van der Waals surface area (Å²) in [6.45, 7) is 2.30. The van der Waals surface area contributed by atoms with Crippen molar-refractivity contribution in [1.82, 2.24) is 0 Å². The van der Waals surface area contributed by atoms with Gasteiger partial charge in [0.15, 0.2) is 6.10 Å². The van der Waals surface area contributed by atoms with Crippen molar-refractivity contribution in [2.45, 2.75) is 38.4 Å². The maximum absolute atomic E-state index is 11.3. The summed E-state index contributed by atoms with van der Waals surface area (Å²) < 4.78 is 26.2. The first-order valence-corrected chi connectivity index (χ1v) is 7.35. The van der Waals surface area contributed by atoms with E-state index in [9.17, 15) is 14.7 Å². The third-order valence-electron chi connectivity index (χ3n) is 3.36. The second-order valence-electron chi connectivity index (χ2n) is 5.20. The molecule has 1 fully saturated rings. The summed E-state index contributed by atoms with van der Waals surface area (Å²) in [7, 11) is 1.54. The van der Waals surface area contributed by atoms with Gasteiger partial charge in [0.1, 0.15) is 30.3 Å². The number of hydrogen-bond acceptors (Lipinski definition) is 8. The summed E-state index contributed by atoms with van der Waals surface area (Å²) in [6.07, 6.45) is -4.11. The largest absolute Gasteiger partial charge is 0.497 e. The van der Waals surface area contributed by atoms with Crippen molar-refractivity contribution in [3.63, 3.8) is 0 Å². The minimum Gasteiger partial charge on any atom is -0.497 e. The van der Waals surface area contributed by atoms with E-state index in [2.05, 4.69) is 0 Å². The minimum atomic E-state index is -1.18. The minimum absolute atomic E-state index is 0.170. The average molecular weight is 340 g/mol. The van der Waals surface area contributed by atoms with Gasteiger partial charge in [-0.15, -0.1) is 0 Å². The van der Waals surface area contributed by atoms with Gasteiger partial charge in [0, 0.05) is 13.8 Å². The van der Waals surface area contributed by atoms with Crippen LogP contribution in [0.5, 0.6) is 11.5 Å². The summed E-state index contributed by atoms with van der Waals surface area (Å²) in [5.41, 5.74) is 0. The smallest absolute Gasteiger partial charge is 0.303 e. The first kappa shape index (κ1) is 18.0. The molecule has 24 heavy (non-hydrogen) atoms. The Labute approximate surface area is 139 Å². The molecule has 1 heterocycles. The molecule has 1 aliphatic heterocycles. The first-order chi connectivity index (χ1) is 11.4. The topological polar surface area (TPSA) is 101 Å². The Morgan fingerprint density at radius 2 is 1.75 bits per heavy atom. The highest BCUT2D eigenvalue weighted by Crippen LogP contribution is 2.28. The molecule has 0 radical (unpaired) electrons. The fourth-order valence-electron chi connectivity index (χ4n) is 2.24. The standard InChI is InChI=1S/C16H20O8/c1-9(17)21-8-13-14(19)15(22-10(2)18)16(24-13)23-12-6-4-11(20-3)5-7-12/h4-7,13-16,19H,8H2,1-3H3/t13-,14-,15-,16+/m1/s1. The van der Waals surface area contributed by atoms with Gasteiger partial charge in [-0.2, -0.15) is 0 Å². The van der Waals surface area contributed by atoms with Crippen LogP contribution in [0.25, 0.3) is 0 Å². The van der Waals surface area contributed by atoms with Gasteiger partial charge in [-0.25, -0.2) is 0 Å². The van der Waals surface area contributed by atoms with Crippen molar-refractivity contribution in [3.8, 4) is 11.5 Å². The SMILES string of the molecule is COc1ccc(O[C@H]2O[C@H](COC(C)=O)[C@@H](O)[C@H]2OC(C)=O)cc1. The lowest BCUT2D eigenvalue weighted by molar-refractivity contribution is -0.166. The Morgan fingerprint density at radius 1 is 1.12 bits per heavy atom. The van der Waals surface area contributed by atoms with E-state index in [1.807, 2.05) is 0 Å². The molecule has 0 saturated carbocycles. The van der Waals surface area contributed by atoms with E-state index in [-0.39, 0.29) is 6.61 Å². The summed E-state index contributed by atoms with van der Waals surface area (Å²) in [5, 5.41) is 10.2. The van der Waals surface area contributed by atoms with Gasteiger partial charge in [0.25, 0.3) is 0 Å². The quantitative estimate of drug-likeness (QED) is 0.754. The van der Waals surface area contributed by atoms with Crippen molar-refractivity contribution in [2.75, 3.05) is 13.7 Å². The molecule has 132 valence electrons. The van der Waals surface area contributed by atoms with E-state index in [1.54, 1.807) is 31.4 Å². The third kappa shape index (κ3) is 4.59. The molecule has 0 bridgehead atoms. The molecule has 8 heteroatoms. The Hall–Kier alpha value is -2.32. The summed E-state index contributed by atoms with van der Waals surface area (Å²) in [5.74, 6) is 0.00533. The van der Waals surface area contributed by atoms with Crippen molar-refractivity contribution < 1.29 is 38.4 Å². The number of carbonyl (C=O) groups excluding carboxylic acids is 2. The number of esters is 2. The molecule has 0 aliphatic carbocycles. The molecule has 1 aromatic rings. The molecule has 0 spiro atoms. The lowest BCUT2D eigenvalue weighted by Crippen LogP contribution is -2.39. The monoisotopic (exact) mass is 340 g/mol. The van der Waals surface area contributed by atoms with Crippen molar-refractivity contribution in [2.24, 2.45) is 0 Å². The van der Waals surface area contributed by atoms with Gasteiger partial charge in [-0.05, 0) is 24.3 Å². The van der Waals surface area contributed by atoms with Gasteiger partial charge in [0.2, 0.25) is 6.29 Å². The Bertz CT molecular complexity index is 570. The zero-order chi connectivity index (χ0) is 17.7. The second-order valence-corrected chi connectivity index (χ2v) is 5.20. The van der Waals surface area contributed by atoms with Gasteiger partial charge < -0.3 is 28.8 Å². The third-order valence-corrected chi connectivity index (χ3v) is 3.36. The van der Waals surface area contributed by atoms with Crippen LogP contribution >= 0.6 is 0 Å². The number of carbonyl (C=O) groups is 2. The number of aliphatic hydroxyl groups excluding tert-OH is 1. The van der Waals surface area contributed by atoms with E-state index in [0.717, 1.165) is 0 Å². The van der Waals surface area contributed by atoms with E-state index >= 15 is 0 Å². The number of ether oxygens (including phenoxy) is 5. The van der Waals surface area contributed by atoms with Crippen molar-refractivity contribution >= 4 is 11.9 Å². The van der Waals surface area contributed by atoms with Crippen LogP contribution in [0.1, 0.15) is 13.8 Å². The molecular weight excluding hydrogens is 320 g/mol. The van der Waals surface area contributed by atoms with Gasteiger partial charge in [-0.3, -0.25) is 9.59 Å². The predicted molar refractivity (Wildman–Crippen MR) is 80.5 cm³/mol. The average Bonchev–Trinajstić information content (AvgIpc) is 2.82. The number of benzene rings is 1. The fourth-order valence-corrected chi connectivity index (χ4v) is 2.24. The fraction of sp³-hybridized carbons (Fsp3) is 0.500. The van der Waals surface area contributed by atoms with E-state index in [4.69, 9.17) is 23.7 Å². The van der Waals surface area contributed by atoms with Gasteiger partial charge in [0.05, 0.1) is 7.11 Å². The van der Waals surface area contributed by atoms with Crippen LogP contribution in [0.4, 0.5) is 0 Å². The molecule has 2 rings (SSSR count). The highest BCUT2D eigenvalue weighted by Gasteiger charge is 2.48. The lowest BCUT2D eigenvalue weighted by atomic mass is 10.1. The number of rotatable bonds is 6. The Morgan fingerprint density at radius 3 is 2.29 bits per heavy atom. The molecule has 1 aromatic carbocycles. The molecular formula is C16H20O8. The molecule has 1 N–H and O–H groups in total. The second kappa shape index (κ2) is 7.98. The van der Waals surface area contributed by atoms with Crippen molar-refractivity contribution in [3.05, 3.63) is 24.3 Å². The lowest BCUT2D eigenvalue weighted by Gasteiger charge is -2.20. The molecule has 1 aliphatic rings. The number of methoxy groups -OCH3 is 1. The van der Waals surface area contributed by atoms with E-state index in [1.165, 1.54) is 13.8 Å². The molecule has 0 amide bonds. The van der Waals surface area contributed by atoms with Crippen molar-refractivity contribution in [1.29, 1.82) is 0 Å². The maximum atomic E-state index is 11.3. The summed E-state index contributed by atoms with van der Waals surface area (Å²) in [4.78, 5) is 22.2. The molecule has 0 aromatic heterocycles. The van der Waals surface area contributed by atoms with Crippen LogP contribution in [0.2, 0.25) is 0 Å². The van der Waals surface area contributed by atoms with Gasteiger partial charge in [-0.1, -0.05) is 0 Å². The Balaban J connectivity index is 2.08. The Kier molecular flexibility index (Phi) is 5.99. The maximum Gasteiger partial charge on any atom is 0.303 e. The molecule has 4 atom stereocenters. The van der Waals surface area contributed by atoms with Crippen LogP contribution in [-0.2, 0) is 23.8 Å².